The Balaban J connectivity index is 2.02. The van der Waals surface area contributed by atoms with Crippen molar-refractivity contribution in [3.8, 4) is 0 Å². The minimum absolute atomic E-state index is 0.330. The number of nitrogens with zero attached hydrogens (tertiary/aromatic N) is 1. The average Bonchev–Trinajstić information content (AvgIpc) is 2.44. The van der Waals surface area contributed by atoms with Crippen molar-refractivity contribution in [2.45, 2.75) is 32.2 Å². The van der Waals surface area contributed by atoms with Crippen LogP contribution in [0.2, 0.25) is 0 Å². The molecule has 1 saturated heterocycles. The number of carbonyl (C=O) groups excluding carboxylic acids is 1. The van der Waals surface area contributed by atoms with Crippen molar-refractivity contribution >= 4 is 5.91 Å². The summed E-state index contributed by atoms with van der Waals surface area (Å²) in [5, 5.41) is 3.37. The van der Waals surface area contributed by atoms with Crippen LogP contribution in [-0.2, 0) is 0 Å². The highest BCUT2D eigenvalue weighted by molar-refractivity contribution is 5.94. The molecule has 1 fully saturated rings. The first-order valence-electron chi connectivity index (χ1n) is 7.20. The molecule has 0 radical (unpaired) electrons. The summed E-state index contributed by atoms with van der Waals surface area (Å²) in [5.74, 6) is -4.03. The van der Waals surface area contributed by atoms with E-state index in [1.54, 1.807) is 0 Å². The van der Waals surface area contributed by atoms with Crippen LogP contribution in [-0.4, -0.2) is 36.5 Å². The molecule has 1 aliphatic heterocycles. The Bertz CT molecular complexity index is 491. The van der Waals surface area contributed by atoms with E-state index in [0.717, 1.165) is 25.8 Å². The summed E-state index contributed by atoms with van der Waals surface area (Å²) < 4.78 is 40.1. The number of carbonyl (C=O) groups is 1. The van der Waals surface area contributed by atoms with Crippen LogP contribution in [0.3, 0.4) is 0 Å². The van der Waals surface area contributed by atoms with Crippen molar-refractivity contribution in [2.75, 3.05) is 19.6 Å². The van der Waals surface area contributed by atoms with Crippen molar-refractivity contribution in [3.05, 3.63) is 35.1 Å². The molecular formula is C15H19F3N2O. The molecule has 0 aromatic heterocycles. The van der Waals surface area contributed by atoms with Crippen molar-refractivity contribution in [1.29, 1.82) is 0 Å². The number of likely N-dealkylation sites (tertiary alicyclic amines) is 1. The summed E-state index contributed by atoms with van der Waals surface area (Å²) in [6, 6.07) is 1.40. The number of hydrogen-bond acceptors (Lipinski definition) is 2. The van der Waals surface area contributed by atoms with Crippen LogP contribution in [0.4, 0.5) is 13.2 Å². The zero-order valence-electron chi connectivity index (χ0n) is 12.0. The van der Waals surface area contributed by atoms with Gasteiger partial charge in [0.1, 0.15) is 23.0 Å². The SMILES string of the molecule is CCCNC1CCN(C(=O)c2c(F)cc(F)cc2F)CC1. The summed E-state index contributed by atoms with van der Waals surface area (Å²) in [7, 11) is 0. The maximum atomic E-state index is 13.6. The lowest BCUT2D eigenvalue weighted by molar-refractivity contribution is 0.0695. The minimum atomic E-state index is -1.15. The van der Waals surface area contributed by atoms with Gasteiger partial charge in [0.15, 0.2) is 0 Å². The van der Waals surface area contributed by atoms with Gasteiger partial charge >= 0.3 is 0 Å². The van der Waals surface area contributed by atoms with Gasteiger partial charge in [0.05, 0.1) is 0 Å². The second kappa shape index (κ2) is 6.93. The smallest absolute Gasteiger partial charge is 0.259 e. The molecule has 0 aliphatic carbocycles. The highest BCUT2D eigenvalue weighted by Crippen LogP contribution is 2.19. The number of amides is 1. The molecular weight excluding hydrogens is 281 g/mol. The topological polar surface area (TPSA) is 32.3 Å². The van der Waals surface area contributed by atoms with Gasteiger partial charge in [-0.05, 0) is 25.8 Å². The molecule has 1 heterocycles. The Kier molecular flexibility index (Phi) is 5.22. The van der Waals surface area contributed by atoms with Crippen LogP contribution in [0.25, 0.3) is 0 Å². The van der Waals surface area contributed by atoms with Gasteiger partial charge in [0.2, 0.25) is 0 Å². The van der Waals surface area contributed by atoms with Gasteiger partial charge in [-0.1, -0.05) is 6.92 Å². The normalized spacial score (nSPS) is 16.3. The zero-order valence-corrected chi connectivity index (χ0v) is 12.0. The molecule has 0 bridgehead atoms. The molecule has 3 nitrogen and oxygen atoms in total. The van der Waals surface area contributed by atoms with Crippen LogP contribution in [0.1, 0.15) is 36.5 Å². The number of nitrogens with one attached hydrogen (secondary N) is 1. The molecule has 0 saturated carbocycles. The Hall–Kier alpha value is -1.56. The largest absolute Gasteiger partial charge is 0.338 e. The number of hydrogen-bond donors (Lipinski definition) is 1. The number of rotatable bonds is 4. The Labute approximate surface area is 122 Å². The second-order valence-electron chi connectivity index (χ2n) is 5.27. The van der Waals surface area contributed by atoms with E-state index < -0.39 is 28.9 Å². The average molecular weight is 300 g/mol. The van der Waals surface area contributed by atoms with Gasteiger partial charge in [-0.15, -0.1) is 0 Å². The first-order valence-corrected chi connectivity index (χ1v) is 7.20. The van der Waals surface area contributed by atoms with Crippen molar-refractivity contribution in [3.63, 3.8) is 0 Å². The fraction of sp³-hybridized carbons (Fsp3) is 0.533. The van der Waals surface area contributed by atoms with E-state index in [9.17, 15) is 18.0 Å². The lowest BCUT2D eigenvalue weighted by Crippen LogP contribution is -2.45. The predicted octanol–water partition coefficient (Wildman–Crippen LogP) is 2.71. The summed E-state index contributed by atoms with van der Waals surface area (Å²) >= 11 is 0. The standard InChI is InChI=1S/C15H19F3N2O/c1-2-5-19-11-3-6-20(7-4-11)15(21)14-12(17)8-10(16)9-13(14)18/h8-9,11,19H,2-7H2,1H3. The van der Waals surface area contributed by atoms with Crippen molar-refractivity contribution < 1.29 is 18.0 Å². The summed E-state index contributed by atoms with van der Waals surface area (Å²) in [5.41, 5.74) is -0.670. The molecule has 1 aromatic carbocycles. The van der Waals surface area contributed by atoms with E-state index in [4.69, 9.17) is 0 Å². The van der Waals surface area contributed by atoms with Gasteiger partial charge in [-0.3, -0.25) is 4.79 Å². The number of piperidine rings is 1. The minimum Gasteiger partial charge on any atom is -0.338 e. The van der Waals surface area contributed by atoms with Crippen molar-refractivity contribution in [2.24, 2.45) is 0 Å². The molecule has 1 aromatic rings. The van der Waals surface area contributed by atoms with Gasteiger partial charge in [0, 0.05) is 31.3 Å². The van der Waals surface area contributed by atoms with Crippen LogP contribution >= 0.6 is 0 Å². The maximum Gasteiger partial charge on any atom is 0.259 e. The van der Waals surface area contributed by atoms with Crippen molar-refractivity contribution in [1.82, 2.24) is 10.2 Å². The van der Waals surface area contributed by atoms with Gasteiger partial charge in [0.25, 0.3) is 5.91 Å². The van der Waals surface area contributed by atoms with Crippen LogP contribution in [0.15, 0.2) is 12.1 Å². The summed E-state index contributed by atoms with van der Waals surface area (Å²) in [6.45, 7) is 3.87. The highest BCUT2D eigenvalue weighted by atomic mass is 19.1. The predicted molar refractivity (Wildman–Crippen MR) is 73.5 cm³/mol. The fourth-order valence-electron chi connectivity index (χ4n) is 2.54. The monoisotopic (exact) mass is 300 g/mol. The third kappa shape index (κ3) is 3.75. The van der Waals surface area contributed by atoms with Crippen LogP contribution < -0.4 is 5.32 Å². The lowest BCUT2D eigenvalue weighted by Gasteiger charge is -2.32. The summed E-state index contributed by atoms with van der Waals surface area (Å²) in [6.07, 6.45) is 2.53. The van der Waals surface area contributed by atoms with E-state index >= 15 is 0 Å². The first kappa shape index (κ1) is 15.8. The van der Waals surface area contributed by atoms with E-state index in [2.05, 4.69) is 12.2 Å². The molecule has 1 N–H and O–H groups in total. The third-order valence-electron chi connectivity index (χ3n) is 3.69. The number of halogens is 3. The van der Waals surface area contributed by atoms with E-state index in [1.807, 2.05) is 0 Å². The highest BCUT2D eigenvalue weighted by Gasteiger charge is 2.27. The first-order chi connectivity index (χ1) is 10.0. The quantitative estimate of drug-likeness (QED) is 0.927. The van der Waals surface area contributed by atoms with Gasteiger partial charge < -0.3 is 10.2 Å². The zero-order chi connectivity index (χ0) is 15.4. The molecule has 0 unspecified atom stereocenters. The van der Waals surface area contributed by atoms with E-state index in [1.165, 1.54) is 4.90 Å². The van der Waals surface area contributed by atoms with Crippen LogP contribution in [0.5, 0.6) is 0 Å². The lowest BCUT2D eigenvalue weighted by atomic mass is 10.0. The molecule has 116 valence electrons. The number of benzene rings is 1. The third-order valence-corrected chi connectivity index (χ3v) is 3.69. The van der Waals surface area contributed by atoms with E-state index in [0.29, 0.717) is 31.3 Å². The maximum absolute atomic E-state index is 13.6. The molecule has 2 rings (SSSR count). The Morgan fingerprint density at radius 3 is 2.33 bits per heavy atom. The Morgan fingerprint density at radius 1 is 1.24 bits per heavy atom. The molecule has 1 amide bonds. The molecule has 21 heavy (non-hydrogen) atoms. The second-order valence-corrected chi connectivity index (χ2v) is 5.27. The molecule has 0 atom stereocenters. The molecule has 0 spiro atoms. The van der Waals surface area contributed by atoms with E-state index in [-0.39, 0.29) is 0 Å². The molecule has 1 aliphatic rings. The molecule has 6 heteroatoms. The van der Waals surface area contributed by atoms with Gasteiger partial charge in [-0.25, -0.2) is 13.2 Å². The fourth-order valence-corrected chi connectivity index (χ4v) is 2.54. The van der Waals surface area contributed by atoms with Crippen LogP contribution in [0, 0.1) is 17.5 Å². The summed E-state index contributed by atoms with van der Waals surface area (Å²) in [4.78, 5) is 13.6. The van der Waals surface area contributed by atoms with Gasteiger partial charge in [-0.2, -0.15) is 0 Å². The Morgan fingerprint density at radius 2 is 1.81 bits per heavy atom.